The van der Waals surface area contributed by atoms with Crippen molar-refractivity contribution in [2.45, 2.75) is 314 Å². The number of nitrogens with one attached hydrogen (secondary N) is 1. The lowest BCUT2D eigenvalue weighted by Gasteiger charge is -2.40. The van der Waals surface area contributed by atoms with Crippen molar-refractivity contribution in [1.29, 1.82) is 0 Å². The highest BCUT2D eigenvalue weighted by molar-refractivity contribution is 5.76. The first-order valence-electron chi connectivity index (χ1n) is 30.4. The van der Waals surface area contributed by atoms with Gasteiger partial charge >= 0.3 is 5.97 Å². The van der Waals surface area contributed by atoms with E-state index in [0.29, 0.717) is 19.4 Å². The van der Waals surface area contributed by atoms with Gasteiger partial charge in [-0.15, -0.1) is 0 Å². The van der Waals surface area contributed by atoms with Crippen LogP contribution in [-0.2, 0) is 23.8 Å². The second-order valence-corrected chi connectivity index (χ2v) is 21.0. The molecule has 0 aromatic heterocycles. The third-order valence-corrected chi connectivity index (χ3v) is 14.2. The summed E-state index contributed by atoms with van der Waals surface area (Å²) in [6.07, 6.45) is 55.0. The van der Waals surface area contributed by atoms with E-state index in [9.17, 15) is 35.1 Å². The van der Waals surface area contributed by atoms with E-state index in [1.54, 1.807) is 6.08 Å². The van der Waals surface area contributed by atoms with Crippen LogP contribution in [0.5, 0.6) is 0 Å². The molecule has 1 amide bonds. The van der Waals surface area contributed by atoms with Crippen LogP contribution in [0.3, 0.4) is 0 Å². The molecule has 7 unspecified atom stereocenters. The number of carbonyl (C=O) groups is 2. The molecule has 7 atom stereocenters. The van der Waals surface area contributed by atoms with Gasteiger partial charge in [-0.25, -0.2) is 0 Å². The van der Waals surface area contributed by atoms with Crippen LogP contribution in [0.1, 0.15) is 271 Å². The Labute approximate surface area is 446 Å². The van der Waals surface area contributed by atoms with Crippen LogP contribution in [0.25, 0.3) is 0 Å². The van der Waals surface area contributed by atoms with Crippen LogP contribution < -0.4 is 5.32 Å². The van der Waals surface area contributed by atoms with Gasteiger partial charge in [0.25, 0.3) is 0 Å². The van der Waals surface area contributed by atoms with Crippen molar-refractivity contribution < 1.29 is 49.3 Å². The van der Waals surface area contributed by atoms with E-state index in [4.69, 9.17) is 14.2 Å². The lowest BCUT2D eigenvalue weighted by Crippen LogP contribution is -2.60. The molecule has 0 bridgehead atoms. The Kier molecular flexibility index (Phi) is 48.6. The molecular weight excluding hydrogens is 919 g/mol. The van der Waals surface area contributed by atoms with E-state index in [-0.39, 0.29) is 18.5 Å². The second-order valence-electron chi connectivity index (χ2n) is 21.0. The molecule has 1 fully saturated rings. The summed E-state index contributed by atoms with van der Waals surface area (Å²) in [5.41, 5.74) is 0. The van der Waals surface area contributed by atoms with Crippen molar-refractivity contribution in [1.82, 2.24) is 5.32 Å². The molecule has 6 N–H and O–H groups in total. The number of rotatable bonds is 52. The fourth-order valence-corrected chi connectivity index (χ4v) is 9.30. The van der Waals surface area contributed by atoms with Gasteiger partial charge in [0.2, 0.25) is 5.91 Å². The molecule has 0 saturated carbocycles. The number of hydrogen-bond acceptors (Lipinski definition) is 10. The van der Waals surface area contributed by atoms with E-state index in [1.165, 1.54) is 161 Å². The van der Waals surface area contributed by atoms with E-state index in [0.717, 1.165) is 83.5 Å². The van der Waals surface area contributed by atoms with Crippen LogP contribution in [0, 0.1) is 0 Å². The maximum absolute atomic E-state index is 13.0. The predicted octanol–water partition coefficient (Wildman–Crippen LogP) is 14.1. The Bertz CT molecular complexity index is 1350. The molecule has 1 saturated heterocycles. The summed E-state index contributed by atoms with van der Waals surface area (Å²) in [6, 6.07) is -0.835. The zero-order valence-corrected chi connectivity index (χ0v) is 46.8. The third kappa shape index (κ3) is 41.5. The molecule has 0 aliphatic carbocycles. The molecule has 11 nitrogen and oxygen atoms in total. The number of ether oxygens (including phenoxy) is 3. The van der Waals surface area contributed by atoms with Gasteiger partial charge in [-0.3, -0.25) is 9.59 Å². The average molecular weight is 1030 g/mol. The van der Waals surface area contributed by atoms with Crippen LogP contribution in [0.2, 0.25) is 0 Å². The normalized spacial score (nSPS) is 19.2. The molecule has 1 aliphatic rings. The molecule has 0 aromatic carbocycles. The van der Waals surface area contributed by atoms with Crippen LogP contribution in [0.15, 0.2) is 48.6 Å². The molecule has 1 heterocycles. The van der Waals surface area contributed by atoms with Gasteiger partial charge in [-0.2, -0.15) is 0 Å². The van der Waals surface area contributed by atoms with Gasteiger partial charge in [0, 0.05) is 12.8 Å². The highest BCUT2D eigenvalue weighted by Crippen LogP contribution is 2.23. The first-order chi connectivity index (χ1) is 35.7. The van der Waals surface area contributed by atoms with E-state index < -0.39 is 49.5 Å². The Balaban J connectivity index is 2.07. The van der Waals surface area contributed by atoms with E-state index in [2.05, 4.69) is 55.6 Å². The summed E-state index contributed by atoms with van der Waals surface area (Å²) in [6.45, 7) is 4.29. The highest BCUT2D eigenvalue weighted by Gasteiger charge is 2.44. The average Bonchev–Trinajstić information content (AvgIpc) is 3.39. The zero-order valence-electron chi connectivity index (χ0n) is 46.8. The standard InChI is InChI=1S/C62H113NO10/c1-3-5-7-9-11-13-28-32-36-40-44-48-55(65)54(53-72-62-61(70)60(69)59(68)56(52-64)73-62)63-57(66)49-45-41-37-33-30-26-24-22-20-18-16-15-17-19-21-23-25-27-31-35-39-43-47-51-71-58(67)50-46-42-38-34-29-14-12-10-8-6-4-2/h15,17-18,20,28,32,44,48,54-56,59-62,64-65,68-70H,3-14,16,19,21-27,29-31,33-43,45-47,49-53H2,1-2H3,(H,63,66)/b17-15-,20-18-,32-28+,48-44+. The quantitative estimate of drug-likeness (QED) is 0.0195. The molecule has 1 rings (SSSR count). The van der Waals surface area contributed by atoms with Crippen molar-refractivity contribution in [3.63, 3.8) is 0 Å². The molecule has 11 heteroatoms. The molecule has 0 spiro atoms. The van der Waals surface area contributed by atoms with Crippen LogP contribution >= 0.6 is 0 Å². The zero-order chi connectivity index (χ0) is 53.1. The summed E-state index contributed by atoms with van der Waals surface area (Å²) in [7, 11) is 0. The SMILES string of the molecule is CCCCCCC/C=C/CC/C=C/C(O)C(COC1OC(CO)C(O)C(O)C1O)NC(=O)CCCCCCCCC/C=C\C/C=C\CCCCCCCCCCCOC(=O)CCCCCCCCCCCCC. The number of aliphatic hydroxyl groups excluding tert-OH is 5. The number of esters is 1. The lowest BCUT2D eigenvalue weighted by molar-refractivity contribution is -0.302. The Hall–Kier alpha value is -2.38. The van der Waals surface area contributed by atoms with Gasteiger partial charge < -0.3 is 45.1 Å². The smallest absolute Gasteiger partial charge is 0.305 e. The molecule has 73 heavy (non-hydrogen) atoms. The Morgan fingerprint density at radius 3 is 1.44 bits per heavy atom. The summed E-state index contributed by atoms with van der Waals surface area (Å²) >= 11 is 0. The van der Waals surface area contributed by atoms with Crippen molar-refractivity contribution in [3.05, 3.63) is 48.6 Å². The third-order valence-electron chi connectivity index (χ3n) is 14.2. The van der Waals surface area contributed by atoms with Gasteiger partial charge in [-0.05, 0) is 77.0 Å². The molecule has 426 valence electrons. The van der Waals surface area contributed by atoms with Crippen molar-refractivity contribution in [3.8, 4) is 0 Å². The number of carbonyl (C=O) groups excluding carboxylic acids is 2. The van der Waals surface area contributed by atoms with Crippen molar-refractivity contribution in [2.75, 3.05) is 19.8 Å². The highest BCUT2D eigenvalue weighted by atomic mass is 16.7. The predicted molar refractivity (Wildman–Crippen MR) is 301 cm³/mol. The van der Waals surface area contributed by atoms with Crippen LogP contribution in [0.4, 0.5) is 0 Å². The Morgan fingerprint density at radius 2 is 0.932 bits per heavy atom. The number of unbranched alkanes of at least 4 members (excludes halogenated alkanes) is 32. The molecule has 1 aliphatic heterocycles. The first-order valence-corrected chi connectivity index (χ1v) is 30.4. The lowest BCUT2D eigenvalue weighted by atomic mass is 9.99. The minimum atomic E-state index is -1.58. The molecule has 0 aromatic rings. The summed E-state index contributed by atoms with van der Waals surface area (Å²) in [5, 5.41) is 54.2. The Morgan fingerprint density at radius 1 is 0.507 bits per heavy atom. The first kappa shape index (κ1) is 68.6. The number of allylic oxidation sites excluding steroid dienone is 7. The minimum Gasteiger partial charge on any atom is -0.466 e. The molecular formula is C62H113NO10. The van der Waals surface area contributed by atoms with E-state index in [1.807, 2.05) is 6.08 Å². The van der Waals surface area contributed by atoms with Crippen molar-refractivity contribution >= 4 is 11.9 Å². The van der Waals surface area contributed by atoms with Gasteiger partial charge in [0.15, 0.2) is 6.29 Å². The summed E-state index contributed by atoms with van der Waals surface area (Å²) in [5.74, 6) is -0.210. The topological polar surface area (TPSA) is 175 Å². The van der Waals surface area contributed by atoms with Crippen LogP contribution in [-0.4, -0.2) is 100 Å². The number of aliphatic hydroxyl groups is 5. The molecule has 0 radical (unpaired) electrons. The largest absolute Gasteiger partial charge is 0.466 e. The van der Waals surface area contributed by atoms with E-state index >= 15 is 0 Å². The van der Waals surface area contributed by atoms with Crippen molar-refractivity contribution in [2.24, 2.45) is 0 Å². The van der Waals surface area contributed by atoms with Gasteiger partial charge in [-0.1, -0.05) is 229 Å². The fourth-order valence-electron chi connectivity index (χ4n) is 9.30. The minimum absolute atomic E-state index is 0.00598. The second kappa shape index (κ2) is 51.7. The summed E-state index contributed by atoms with van der Waals surface area (Å²) in [4.78, 5) is 25.0. The monoisotopic (exact) mass is 1030 g/mol. The fraction of sp³-hybridized carbons (Fsp3) is 0.839. The maximum atomic E-state index is 13.0. The summed E-state index contributed by atoms with van der Waals surface area (Å²) < 4.78 is 16.7. The maximum Gasteiger partial charge on any atom is 0.305 e. The van der Waals surface area contributed by atoms with Gasteiger partial charge in [0.05, 0.1) is 32.0 Å². The number of amides is 1. The van der Waals surface area contributed by atoms with Gasteiger partial charge in [0.1, 0.15) is 24.4 Å². The number of hydrogen-bond donors (Lipinski definition) is 6.